The summed E-state index contributed by atoms with van der Waals surface area (Å²) in [6, 6.07) is 11.9. The molecule has 2 aromatic carbocycles. The van der Waals surface area contributed by atoms with Crippen molar-refractivity contribution in [1.29, 1.82) is 5.41 Å². The summed E-state index contributed by atoms with van der Waals surface area (Å²) in [5.74, 6) is -1.84. The SMILES string of the molecule is CC(C)(C)OC(=O)COC1CCN(C(=O)C(Cc2ccc(O)cc2)NC(=O)c2ccc(C(=N)NCCCC(=O)O)cc2)CC1. The number of amides is 2. The maximum atomic E-state index is 13.7. The Morgan fingerprint density at radius 2 is 1.61 bits per heavy atom. The molecule has 2 aromatic rings. The molecule has 12 nitrogen and oxygen atoms in total. The van der Waals surface area contributed by atoms with E-state index < -0.39 is 29.5 Å². The van der Waals surface area contributed by atoms with E-state index in [2.05, 4.69) is 10.6 Å². The Morgan fingerprint density at radius 3 is 2.20 bits per heavy atom. The molecule has 0 aromatic heterocycles. The van der Waals surface area contributed by atoms with Gasteiger partial charge >= 0.3 is 11.9 Å². The van der Waals surface area contributed by atoms with Gasteiger partial charge in [-0.15, -0.1) is 0 Å². The molecular weight excluding hydrogens is 568 g/mol. The number of carboxylic acid groups (broad SMARTS) is 1. The summed E-state index contributed by atoms with van der Waals surface area (Å²) >= 11 is 0. The van der Waals surface area contributed by atoms with E-state index in [0.29, 0.717) is 50.0 Å². The predicted molar refractivity (Wildman–Crippen MR) is 163 cm³/mol. The first-order valence-corrected chi connectivity index (χ1v) is 14.7. The van der Waals surface area contributed by atoms with Crippen LogP contribution in [0.1, 0.15) is 67.9 Å². The predicted octanol–water partition coefficient (Wildman–Crippen LogP) is 2.86. The highest BCUT2D eigenvalue weighted by molar-refractivity contribution is 6.00. The number of aromatic hydroxyl groups is 1. The van der Waals surface area contributed by atoms with E-state index in [1.54, 1.807) is 62.1 Å². The number of rotatable bonds is 13. The van der Waals surface area contributed by atoms with Crippen LogP contribution in [0, 0.1) is 5.41 Å². The van der Waals surface area contributed by atoms with Crippen molar-refractivity contribution in [3.63, 3.8) is 0 Å². The van der Waals surface area contributed by atoms with E-state index in [9.17, 15) is 24.3 Å². The molecule has 0 radical (unpaired) electrons. The van der Waals surface area contributed by atoms with Gasteiger partial charge in [0, 0.05) is 43.6 Å². The molecule has 1 fully saturated rings. The number of carbonyl (C=O) groups excluding carboxylic acids is 3. The Labute approximate surface area is 257 Å². The number of amidine groups is 1. The number of carboxylic acids is 1. The van der Waals surface area contributed by atoms with Crippen LogP contribution in [0.4, 0.5) is 0 Å². The zero-order chi connectivity index (χ0) is 32.3. The van der Waals surface area contributed by atoms with Gasteiger partial charge in [0.15, 0.2) is 0 Å². The summed E-state index contributed by atoms with van der Waals surface area (Å²) in [6.07, 6.45) is 1.47. The van der Waals surface area contributed by atoms with Crippen molar-refractivity contribution >= 4 is 29.6 Å². The van der Waals surface area contributed by atoms with Gasteiger partial charge in [-0.05, 0) is 69.9 Å². The second-order valence-electron chi connectivity index (χ2n) is 11.7. The maximum absolute atomic E-state index is 13.7. The molecule has 0 bridgehead atoms. The summed E-state index contributed by atoms with van der Waals surface area (Å²) in [4.78, 5) is 51.2. The van der Waals surface area contributed by atoms with Gasteiger partial charge in [-0.25, -0.2) is 4.79 Å². The lowest BCUT2D eigenvalue weighted by atomic mass is 10.0. The van der Waals surface area contributed by atoms with Gasteiger partial charge in [0.05, 0.1) is 6.10 Å². The molecule has 1 aliphatic rings. The van der Waals surface area contributed by atoms with Crippen molar-refractivity contribution in [2.45, 2.75) is 70.6 Å². The average molecular weight is 611 g/mol. The molecule has 5 N–H and O–H groups in total. The summed E-state index contributed by atoms with van der Waals surface area (Å²) < 4.78 is 11.0. The van der Waals surface area contributed by atoms with Crippen LogP contribution in [-0.2, 0) is 30.3 Å². The molecule has 1 heterocycles. The molecule has 3 rings (SSSR count). The summed E-state index contributed by atoms with van der Waals surface area (Å²) in [7, 11) is 0. The highest BCUT2D eigenvalue weighted by Gasteiger charge is 2.30. The quantitative estimate of drug-likeness (QED) is 0.0987. The fourth-order valence-corrected chi connectivity index (χ4v) is 4.67. The molecular formula is C32H42N4O8. The number of aliphatic carboxylic acids is 1. The van der Waals surface area contributed by atoms with Crippen LogP contribution >= 0.6 is 0 Å². The van der Waals surface area contributed by atoms with Crippen LogP contribution in [0.5, 0.6) is 5.75 Å². The van der Waals surface area contributed by atoms with Crippen molar-refractivity contribution in [3.8, 4) is 5.75 Å². The lowest BCUT2D eigenvalue weighted by Gasteiger charge is -2.34. The topological polar surface area (TPSA) is 178 Å². The van der Waals surface area contributed by atoms with Crippen LogP contribution < -0.4 is 10.6 Å². The lowest BCUT2D eigenvalue weighted by Crippen LogP contribution is -2.52. The van der Waals surface area contributed by atoms with Gasteiger partial charge < -0.3 is 35.2 Å². The Balaban J connectivity index is 1.61. The van der Waals surface area contributed by atoms with E-state index >= 15 is 0 Å². The third-order valence-corrected chi connectivity index (χ3v) is 6.90. The van der Waals surface area contributed by atoms with Crippen molar-refractivity contribution in [2.75, 3.05) is 26.2 Å². The number of carbonyl (C=O) groups is 4. The minimum absolute atomic E-state index is 0.00328. The van der Waals surface area contributed by atoms with Crippen molar-refractivity contribution < 1.29 is 38.9 Å². The fraction of sp³-hybridized carbons (Fsp3) is 0.469. The second-order valence-corrected chi connectivity index (χ2v) is 11.7. The summed E-state index contributed by atoms with van der Waals surface area (Å²) in [5.41, 5.74) is 1.00. The number of ether oxygens (including phenoxy) is 2. The van der Waals surface area contributed by atoms with Gasteiger partial charge in [0.1, 0.15) is 29.8 Å². The molecule has 1 atom stereocenters. The number of phenolic OH excluding ortho intramolecular Hbond substituents is 1. The first-order chi connectivity index (χ1) is 20.8. The number of likely N-dealkylation sites (tertiary alicyclic amines) is 1. The van der Waals surface area contributed by atoms with E-state index in [1.165, 1.54) is 12.1 Å². The number of nitrogens with one attached hydrogen (secondary N) is 3. The van der Waals surface area contributed by atoms with E-state index in [1.807, 2.05) is 0 Å². The summed E-state index contributed by atoms with van der Waals surface area (Å²) in [6.45, 7) is 6.34. The Kier molecular flexibility index (Phi) is 12.3. The number of esters is 1. The third kappa shape index (κ3) is 11.3. The van der Waals surface area contributed by atoms with Crippen LogP contribution in [0.2, 0.25) is 0 Å². The lowest BCUT2D eigenvalue weighted by molar-refractivity contribution is -0.163. The molecule has 1 unspecified atom stereocenters. The minimum atomic E-state index is -0.898. The number of hydrogen-bond acceptors (Lipinski definition) is 8. The molecule has 1 saturated heterocycles. The Hall–Kier alpha value is -4.45. The molecule has 12 heteroatoms. The maximum Gasteiger partial charge on any atom is 0.332 e. The zero-order valence-electron chi connectivity index (χ0n) is 25.4. The van der Waals surface area contributed by atoms with E-state index in [0.717, 1.165) is 5.56 Å². The van der Waals surface area contributed by atoms with Crippen molar-refractivity contribution in [3.05, 3.63) is 65.2 Å². The largest absolute Gasteiger partial charge is 0.508 e. The van der Waals surface area contributed by atoms with Crippen LogP contribution in [0.25, 0.3) is 0 Å². The highest BCUT2D eigenvalue weighted by atomic mass is 16.6. The first kappa shape index (κ1) is 34.0. The smallest absolute Gasteiger partial charge is 0.332 e. The van der Waals surface area contributed by atoms with Gasteiger partial charge in [-0.1, -0.05) is 24.3 Å². The summed E-state index contributed by atoms with van der Waals surface area (Å²) in [5, 5.41) is 32.3. The number of phenols is 1. The number of piperidine rings is 1. The number of hydrogen-bond donors (Lipinski definition) is 5. The normalized spacial score (nSPS) is 14.4. The highest BCUT2D eigenvalue weighted by Crippen LogP contribution is 2.18. The minimum Gasteiger partial charge on any atom is -0.508 e. The van der Waals surface area contributed by atoms with E-state index in [-0.39, 0.29) is 43.0 Å². The van der Waals surface area contributed by atoms with Crippen LogP contribution in [0.15, 0.2) is 48.5 Å². The molecule has 0 aliphatic carbocycles. The Bertz CT molecular complexity index is 1300. The van der Waals surface area contributed by atoms with Gasteiger partial charge in [0.25, 0.3) is 5.91 Å². The third-order valence-electron chi connectivity index (χ3n) is 6.90. The molecule has 0 spiro atoms. The number of nitrogens with zero attached hydrogens (tertiary/aromatic N) is 1. The van der Waals surface area contributed by atoms with E-state index in [4.69, 9.17) is 20.0 Å². The van der Waals surface area contributed by atoms with Gasteiger partial charge in [0.2, 0.25) is 5.91 Å². The molecule has 0 saturated carbocycles. The second kappa shape index (κ2) is 15.9. The average Bonchev–Trinajstić information content (AvgIpc) is 2.98. The van der Waals surface area contributed by atoms with Crippen LogP contribution in [0.3, 0.4) is 0 Å². The molecule has 238 valence electrons. The molecule has 44 heavy (non-hydrogen) atoms. The zero-order valence-corrected chi connectivity index (χ0v) is 25.4. The first-order valence-electron chi connectivity index (χ1n) is 14.7. The monoisotopic (exact) mass is 610 g/mol. The number of benzene rings is 2. The fourth-order valence-electron chi connectivity index (χ4n) is 4.67. The molecule has 1 aliphatic heterocycles. The van der Waals surface area contributed by atoms with Gasteiger partial charge in [-0.2, -0.15) is 0 Å². The molecule has 2 amide bonds. The standard InChI is InChI=1S/C32H42N4O8/c1-32(2,3)44-28(40)20-43-25-14-17-36(18-15-25)31(42)26(19-21-6-12-24(37)13-7-21)35-30(41)23-10-8-22(9-11-23)29(33)34-16-4-5-27(38)39/h6-13,25-26,37H,4-5,14-20H2,1-3H3,(H2,33,34)(H,35,41)(H,38,39). The van der Waals surface area contributed by atoms with Crippen molar-refractivity contribution in [2.24, 2.45) is 0 Å². The van der Waals surface area contributed by atoms with Crippen molar-refractivity contribution in [1.82, 2.24) is 15.5 Å². The van der Waals surface area contributed by atoms with Crippen LogP contribution in [-0.4, -0.2) is 88.7 Å². The Morgan fingerprint density at radius 1 is 1.00 bits per heavy atom. The van der Waals surface area contributed by atoms with Gasteiger partial charge in [-0.3, -0.25) is 19.8 Å².